The van der Waals surface area contributed by atoms with Gasteiger partial charge in [0.05, 0.1) is 0 Å². The molecule has 0 aliphatic rings. The van der Waals surface area contributed by atoms with E-state index in [0.717, 1.165) is 10.4 Å². The minimum Gasteiger partial charge on any atom is -0.383 e. The third kappa shape index (κ3) is 1.99. The largest absolute Gasteiger partial charge is 0.383 e. The fourth-order valence-electron chi connectivity index (χ4n) is 2.02. The average molecular weight is 274 g/mol. The van der Waals surface area contributed by atoms with E-state index in [-0.39, 0.29) is 0 Å². The van der Waals surface area contributed by atoms with Crippen molar-refractivity contribution >= 4 is 32.1 Å². The quantitative estimate of drug-likeness (QED) is 0.720. The van der Waals surface area contributed by atoms with E-state index in [2.05, 4.69) is 43.5 Å². The third-order valence-corrected chi connectivity index (χ3v) is 5.42. The molecular formula is C15H14OS2. The zero-order valence-electron chi connectivity index (χ0n) is 10.3. The minimum absolute atomic E-state index is 0.506. The molecule has 0 spiro atoms. The fourth-order valence-corrected chi connectivity index (χ4v) is 4.15. The Bertz CT molecular complexity index is 665. The van der Waals surface area contributed by atoms with Gasteiger partial charge in [-0.3, -0.25) is 0 Å². The van der Waals surface area contributed by atoms with Crippen molar-refractivity contribution in [3.8, 4) is 0 Å². The number of thiophene rings is 2. The number of hydrogen-bond donors (Lipinski definition) is 1. The molecule has 3 heteroatoms. The first-order valence-corrected chi connectivity index (χ1v) is 7.57. The Balaban J connectivity index is 2.00. The summed E-state index contributed by atoms with van der Waals surface area (Å²) in [7, 11) is 0. The van der Waals surface area contributed by atoms with Gasteiger partial charge in [0.1, 0.15) is 6.10 Å². The van der Waals surface area contributed by atoms with Gasteiger partial charge in [-0.1, -0.05) is 18.2 Å². The summed E-state index contributed by atoms with van der Waals surface area (Å²) in [5, 5.41) is 12.5. The molecule has 0 amide bonds. The monoisotopic (exact) mass is 274 g/mol. The molecule has 3 rings (SSSR count). The molecule has 0 bridgehead atoms. The van der Waals surface area contributed by atoms with E-state index < -0.39 is 6.10 Å². The van der Waals surface area contributed by atoms with E-state index in [1.54, 1.807) is 22.7 Å². The van der Waals surface area contributed by atoms with Crippen molar-refractivity contribution in [3.63, 3.8) is 0 Å². The molecular weight excluding hydrogens is 260 g/mol. The summed E-state index contributed by atoms with van der Waals surface area (Å²) < 4.78 is 2.52. The van der Waals surface area contributed by atoms with Crippen LogP contribution >= 0.6 is 22.7 Å². The number of hydrogen-bond acceptors (Lipinski definition) is 3. The lowest BCUT2D eigenvalue weighted by molar-refractivity contribution is 0.224. The molecule has 0 saturated carbocycles. The van der Waals surface area contributed by atoms with E-state index in [9.17, 15) is 5.11 Å². The fraction of sp³-hybridized carbons (Fsp3) is 0.200. The summed E-state index contributed by atoms with van der Waals surface area (Å²) >= 11 is 3.40. The first-order chi connectivity index (χ1) is 8.65. The van der Waals surface area contributed by atoms with Gasteiger partial charge in [-0.15, -0.1) is 22.7 Å². The van der Waals surface area contributed by atoms with Crippen LogP contribution in [0.5, 0.6) is 0 Å². The molecule has 2 heterocycles. The van der Waals surface area contributed by atoms with Crippen molar-refractivity contribution in [3.05, 3.63) is 57.3 Å². The summed E-state index contributed by atoms with van der Waals surface area (Å²) in [4.78, 5) is 1.03. The zero-order chi connectivity index (χ0) is 12.7. The highest BCUT2D eigenvalue weighted by Gasteiger charge is 2.14. The van der Waals surface area contributed by atoms with Gasteiger partial charge < -0.3 is 5.11 Å². The van der Waals surface area contributed by atoms with Crippen molar-refractivity contribution in [2.75, 3.05) is 0 Å². The third-order valence-electron chi connectivity index (χ3n) is 3.27. The lowest BCUT2D eigenvalue weighted by Gasteiger charge is -2.10. The first-order valence-electron chi connectivity index (χ1n) is 5.87. The standard InChI is InChI=1S/C15H14OS2/c1-9-3-4-11(7-10(9)2)15(16)14-8-13-12(18-14)5-6-17-13/h3-8,15-16H,1-2H3. The SMILES string of the molecule is Cc1ccc(C(O)c2cc3sccc3s2)cc1C. The molecule has 1 unspecified atom stereocenters. The molecule has 0 radical (unpaired) electrons. The number of fused-ring (bicyclic) bond motifs is 1. The van der Waals surface area contributed by atoms with Crippen molar-refractivity contribution in [2.24, 2.45) is 0 Å². The van der Waals surface area contributed by atoms with Gasteiger partial charge in [-0.05, 0) is 48.1 Å². The van der Waals surface area contributed by atoms with Crippen molar-refractivity contribution in [2.45, 2.75) is 20.0 Å². The number of aryl methyl sites for hydroxylation is 2. The van der Waals surface area contributed by atoms with Crippen LogP contribution in [0.3, 0.4) is 0 Å². The Labute approximate surface area is 114 Å². The van der Waals surface area contributed by atoms with Gasteiger partial charge in [0.15, 0.2) is 0 Å². The Hall–Kier alpha value is -1.16. The smallest absolute Gasteiger partial charge is 0.113 e. The normalized spacial score (nSPS) is 13.1. The molecule has 18 heavy (non-hydrogen) atoms. The van der Waals surface area contributed by atoms with Crippen molar-refractivity contribution in [1.82, 2.24) is 0 Å². The zero-order valence-corrected chi connectivity index (χ0v) is 11.9. The molecule has 1 atom stereocenters. The molecule has 1 nitrogen and oxygen atoms in total. The summed E-state index contributed by atoms with van der Waals surface area (Å²) in [6, 6.07) is 10.4. The van der Waals surface area contributed by atoms with E-state index in [0.29, 0.717) is 0 Å². The summed E-state index contributed by atoms with van der Waals surface area (Å²) in [6.07, 6.45) is -0.506. The second-order valence-corrected chi connectivity index (χ2v) is 6.61. The van der Waals surface area contributed by atoms with Gasteiger partial charge in [-0.25, -0.2) is 0 Å². The molecule has 0 aliphatic carbocycles. The number of benzene rings is 1. The lowest BCUT2D eigenvalue weighted by Crippen LogP contribution is -1.98. The van der Waals surface area contributed by atoms with Gasteiger partial charge in [0.25, 0.3) is 0 Å². The maximum atomic E-state index is 10.4. The summed E-state index contributed by atoms with van der Waals surface area (Å²) in [5.74, 6) is 0. The van der Waals surface area contributed by atoms with Crippen LogP contribution in [-0.2, 0) is 0 Å². The van der Waals surface area contributed by atoms with Crippen LogP contribution in [0.2, 0.25) is 0 Å². The molecule has 1 aromatic carbocycles. The Morgan fingerprint density at radius 3 is 2.56 bits per heavy atom. The number of aliphatic hydroxyl groups excluding tert-OH is 1. The predicted molar refractivity (Wildman–Crippen MR) is 79.7 cm³/mol. The first kappa shape index (κ1) is 11.9. The van der Waals surface area contributed by atoms with E-state index >= 15 is 0 Å². The molecule has 0 aliphatic heterocycles. The Kier molecular flexibility index (Phi) is 2.98. The predicted octanol–water partition coefficient (Wildman–Crippen LogP) is 4.66. The topological polar surface area (TPSA) is 20.2 Å². The molecule has 3 aromatic rings. The van der Waals surface area contributed by atoms with Crippen LogP contribution in [0, 0.1) is 13.8 Å². The number of rotatable bonds is 2. The second-order valence-electron chi connectivity index (χ2n) is 4.54. The van der Waals surface area contributed by atoms with Crippen LogP contribution in [0.4, 0.5) is 0 Å². The highest BCUT2D eigenvalue weighted by Crippen LogP contribution is 2.36. The van der Waals surface area contributed by atoms with Crippen LogP contribution in [-0.4, -0.2) is 5.11 Å². The minimum atomic E-state index is -0.506. The summed E-state index contributed by atoms with van der Waals surface area (Å²) in [5.41, 5.74) is 3.47. The molecule has 0 fully saturated rings. The van der Waals surface area contributed by atoms with Crippen LogP contribution < -0.4 is 0 Å². The maximum absolute atomic E-state index is 10.4. The molecule has 92 valence electrons. The maximum Gasteiger partial charge on any atom is 0.113 e. The highest BCUT2D eigenvalue weighted by molar-refractivity contribution is 7.26. The van der Waals surface area contributed by atoms with Gasteiger partial charge in [0, 0.05) is 14.3 Å². The van der Waals surface area contributed by atoms with Crippen LogP contribution in [0.15, 0.2) is 35.7 Å². The van der Waals surface area contributed by atoms with Gasteiger partial charge in [-0.2, -0.15) is 0 Å². The molecule has 1 N–H and O–H groups in total. The van der Waals surface area contributed by atoms with Crippen LogP contribution in [0.25, 0.3) is 9.40 Å². The van der Waals surface area contributed by atoms with Crippen molar-refractivity contribution < 1.29 is 5.11 Å². The highest BCUT2D eigenvalue weighted by atomic mass is 32.1. The number of aliphatic hydroxyl groups is 1. The summed E-state index contributed by atoms with van der Waals surface area (Å²) in [6.45, 7) is 4.17. The van der Waals surface area contributed by atoms with Crippen molar-refractivity contribution in [1.29, 1.82) is 0 Å². The Morgan fingerprint density at radius 1 is 1.00 bits per heavy atom. The van der Waals surface area contributed by atoms with Crippen LogP contribution in [0.1, 0.15) is 27.7 Å². The Morgan fingerprint density at radius 2 is 1.83 bits per heavy atom. The van der Waals surface area contributed by atoms with E-state index in [1.807, 2.05) is 6.07 Å². The molecule has 2 aromatic heterocycles. The van der Waals surface area contributed by atoms with Gasteiger partial charge in [0.2, 0.25) is 0 Å². The van der Waals surface area contributed by atoms with E-state index in [4.69, 9.17) is 0 Å². The average Bonchev–Trinajstić information content (AvgIpc) is 2.92. The van der Waals surface area contributed by atoms with E-state index in [1.165, 1.54) is 20.5 Å². The molecule has 0 saturated heterocycles. The second kappa shape index (κ2) is 4.50. The van der Waals surface area contributed by atoms with Gasteiger partial charge >= 0.3 is 0 Å². The lowest BCUT2D eigenvalue weighted by atomic mass is 10.0.